The molecule has 7 heteroatoms. The van der Waals surface area contributed by atoms with Crippen LogP contribution >= 0.6 is 47.2 Å². The molecule has 1 aliphatic heterocycles. The highest BCUT2D eigenvalue weighted by atomic mass is 35.5. The van der Waals surface area contributed by atoms with Crippen molar-refractivity contribution in [1.82, 2.24) is 0 Å². The maximum Gasteiger partial charge on any atom is 0.270 e. The van der Waals surface area contributed by atoms with Crippen LogP contribution in [0, 0.1) is 0 Å². The number of carbonyl (C=O) groups excluding carboxylic acids is 1. The Labute approximate surface area is 166 Å². The summed E-state index contributed by atoms with van der Waals surface area (Å²) in [5.74, 6) is -0.163. The smallest absolute Gasteiger partial charge is 0.270 e. The highest BCUT2D eigenvalue weighted by molar-refractivity contribution is 8.27. The van der Waals surface area contributed by atoms with Gasteiger partial charge in [-0.2, -0.15) is 0 Å². The van der Waals surface area contributed by atoms with Crippen LogP contribution < -0.4 is 9.80 Å². The molecule has 1 fully saturated rings. The van der Waals surface area contributed by atoms with Crippen LogP contribution in [0.5, 0.6) is 0 Å². The number of rotatable bonds is 3. The molecule has 2 aromatic carbocycles. The predicted octanol–water partition coefficient (Wildman–Crippen LogP) is 5.47. The van der Waals surface area contributed by atoms with Crippen molar-refractivity contribution in [3.8, 4) is 0 Å². The third kappa shape index (κ3) is 3.70. The first-order valence-corrected chi connectivity index (χ1v) is 9.36. The van der Waals surface area contributed by atoms with E-state index >= 15 is 0 Å². The number of thioether (sulfide) groups is 1. The SMILES string of the molecule is CN(C)c1ccc(N2C(=O)C(=Cc3cccc(Cl)c3Cl)SC2=S)cc1. The van der Waals surface area contributed by atoms with Crippen LogP contribution in [-0.2, 0) is 4.79 Å². The third-order valence-corrected chi connectivity index (χ3v) is 5.82. The van der Waals surface area contributed by atoms with Gasteiger partial charge in [0.25, 0.3) is 5.91 Å². The second-order valence-electron chi connectivity index (χ2n) is 5.57. The number of hydrogen-bond acceptors (Lipinski definition) is 4. The number of anilines is 2. The second kappa shape index (κ2) is 7.38. The van der Waals surface area contributed by atoms with Crippen molar-refractivity contribution in [1.29, 1.82) is 0 Å². The Morgan fingerprint density at radius 3 is 2.44 bits per heavy atom. The first-order valence-electron chi connectivity index (χ1n) is 7.38. The Morgan fingerprint density at radius 1 is 1.12 bits per heavy atom. The average molecular weight is 409 g/mol. The van der Waals surface area contributed by atoms with Crippen LogP contribution in [0.15, 0.2) is 47.4 Å². The van der Waals surface area contributed by atoms with Crippen molar-refractivity contribution in [2.45, 2.75) is 0 Å². The Hall–Kier alpha value is -1.53. The molecule has 3 rings (SSSR count). The van der Waals surface area contributed by atoms with E-state index in [4.69, 9.17) is 35.4 Å². The Morgan fingerprint density at radius 2 is 1.80 bits per heavy atom. The molecule has 0 N–H and O–H groups in total. The Kier molecular flexibility index (Phi) is 5.39. The van der Waals surface area contributed by atoms with Crippen molar-refractivity contribution >= 4 is 74.9 Å². The lowest BCUT2D eigenvalue weighted by atomic mass is 10.2. The number of amides is 1. The van der Waals surface area contributed by atoms with Gasteiger partial charge in [0.15, 0.2) is 4.32 Å². The summed E-state index contributed by atoms with van der Waals surface area (Å²) >= 11 is 18.9. The molecule has 0 radical (unpaired) electrons. The van der Waals surface area contributed by atoms with Crippen LogP contribution in [0.25, 0.3) is 6.08 Å². The zero-order valence-electron chi connectivity index (χ0n) is 13.5. The lowest BCUT2D eigenvalue weighted by Gasteiger charge is -2.17. The van der Waals surface area contributed by atoms with Crippen molar-refractivity contribution in [2.24, 2.45) is 0 Å². The van der Waals surface area contributed by atoms with Crippen LogP contribution in [0.4, 0.5) is 11.4 Å². The van der Waals surface area contributed by atoms with Crippen molar-refractivity contribution in [3.63, 3.8) is 0 Å². The topological polar surface area (TPSA) is 23.6 Å². The van der Waals surface area contributed by atoms with E-state index in [9.17, 15) is 4.79 Å². The van der Waals surface area contributed by atoms with Gasteiger partial charge >= 0.3 is 0 Å². The molecule has 1 heterocycles. The molecule has 0 atom stereocenters. The highest BCUT2D eigenvalue weighted by Crippen LogP contribution is 2.38. The zero-order valence-corrected chi connectivity index (χ0v) is 16.6. The van der Waals surface area contributed by atoms with E-state index in [1.807, 2.05) is 49.3 Å². The number of carbonyl (C=O) groups is 1. The lowest BCUT2D eigenvalue weighted by molar-refractivity contribution is -0.113. The predicted molar refractivity (Wildman–Crippen MR) is 113 cm³/mol. The Bertz CT molecular complexity index is 879. The molecule has 0 aromatic heterocycles. The molecular formula is C18H14Cl2N2OS2. The minimum Gasteiger partial charge on any atom is -0.378 e. The van der Waals surface area contributed by atoms with E-state index in [0.717, 1.165) is 11.4 Å². The maximum absolute atomic E-state index is 12.8. The molecule has 25 heavy (non-hydrogen) atoms. The van der Waals surface area contributed by atoms with E-state index in [1.165, 1.54) is 16.7 Å². The van der Waals surface area contributed by atoms with E-state index < -0.39 is 0 Å². The fraction of sp³-hybridized carbons (Fsp3) is 0.111. The lowest BCUT2D eigenvalue weighted by Crippen LogP contribution is -2.27. The number of thiocarbonyl (C=S) groups is 1. The van der Waals surface area contributed by atoms with E-state index in [0.29, 0.717) is 24.8 Å². The number of nitrogens with zero attached hydrogens (tertiary/aromatic N) is 2. The average Bonchev–Trinajstić information content (AvgIpc) is 2.86. The Balaban J connectivity index is 1.92. The number of benzene rings is 2. The van der Waals surface area contributed by atoms with Crippen molar-refractivity contribution in [2.75, 3.05) is 23.9 Å². The summed E-state index contributed by atoms with van der Waals surface area (Å²) in [6.07, 6.45) is 1.72. The fourth-order valence-electron chi connectivity index (χ4n) is 2.36. The van der Waals surface area contributed by atoms with Gasteiger partial charge in [-0.25, -0.2) is 0 Å². The third-order valence-electron chi connectivity index (χ3n) is 3.69. The molecule has 1 aliphatic rings. The first kappa shape index (κ1) is 18.3. The summed E-state index contributed by atoms with van der Waals surface area (Å²) in [5, 5.41) is 0.870. The van der Waals surface area contributed by atoms with Gasteiger partial charge in [0.05, 0.1) is 20.6 Å². The van der Waals surface area contributed by atoms with Gasteiger partial charge in [-0.15, -0.1) is 0 Å². The molecular weight excluding hydrogens is 395 g/mol. The first-order chi connectivity index (χ1) is 11.9. The monoisotopic (exact) mass is 408 g/mol. The fourth-order valence-corrected chi connectivity index (χ4v) is 4.02. The normalized spacial score (nSPS) is 16.0. The van der Waals surface area contributed by atoms with Crippen molar-refractivity contribution < 1.29 is 4.79 Å². The molecule has 0 aliphatic carbocycles. The zero-order chi connectivity index (χ0) is 18.1. The minimum absolute atomic E-state index is 0.163. The standard InChI is InChI=1S/C18H14Cl2N2OS2/c1-21(2)12-6-8-13(9-7-12)22-17(23)15(25-18(22)24)10-11-4-3-5-14(19)16(11)20/h3-10H,1-2H3. The largest absolute Gasteiger partial charge is 0.378 e. The molecule has 0 unspecified atom stereocenters. The van der Waals surface area contributed by atoms with Crippen LogP contribution in [0.2, 0.25) is 10.0 Å². The molecule has 0 bridgehead atoms. The van der Waals surface area contributed by atoms with Gasteiger partial charge in [0.2, 0.25) is 0 Å². The van der Waals surface area contributed by atoms with E-state index in [1.54, 1.807) is 18.2 Å². The van der Waals surface area contributed by atoms with Gasteiger partial charge < -0.3 is 4.90 Å². The summed E-state index contributed by atoms with van der Waals surface area (Å²) in [6.45, 7) is 0. The van der Waals surface area contributed by atoms with Crippen LogP contribution in [0.1, 0.15) is 5.56 Å². The van der Waals surface area contributed by atoms with Gasteiger partial charge in [-0.1, -0.05) is 59.3 Å². The van der Waals surface area contributed by atoms with Gasteiger partial charge in [0, 0.05) is 19.8 Å². The molecule has 1 amide bonds. The molecule has 1 saturated heterocycles. The number of hydrogen-bond donors (Lipinski definition) is 0. The molecule has 0 saturated carbocycles. The summed E-state index contributed by atoms with van der Waals surface area (Å²) < 4.78 is 0.493. The number of halogens is 2. The van der Waals surface area contributed by atoms with Crippen molar-refractivity contribution in [3.05, 3.63) is 63.0 Å². The van der Waals surface area contributed by atoms with Gasteiger partial charge in [-0.05, 0) is 42.0 Å². The second-order valence-corrected chi connectivity index (χ2v) is 8.03. The molecule has 128 valence electrons. The minimum atomic E-state index is -0.163. The quantitative estimate of drug-likeness (QED) is 0.496. The van der Waals surface area contributed by atoms with E-state index in [-0.39, 0.29) is 5.91 Å². The van der Waals surface area contributed by atoms with Gasteiger partial charge in [-0.3, -0.25) is 9.69 Å². The van der Waals surface area contributed by atoms with E-state index in [2.05, 4.69) is 0 Å². The molecule has 0 spiro atoms. The van der Waals surface area contributed by atoms with Crippen LogP contribution in [-0.4, -0.2) is 24.3 Å². The maximum atomic E-state index is 12.8. The summed E-state index contributed by atoms with van der Waals surface area (Å²) in [7, 11) is 3.93. The van der Waals surface area contributed by atoms with Crippen LogP contribution in [0.3, 0.4) is 0 Å². The molecule has 2 aromatic rings. The summed E-state index contributed by atoms with van der Waals surface area (Å²) in [6, 6.07) is 13.0. The van der Waals surface area contributed by atoms with Gasteiger partial charge in [0.1, 0.15) is 0 Å². The summed E-state index contributed by atoms with van der Waals surface area (Å²) in [5.41, 5.74) is 2.49. The highest BCUT2D eigenvalue weighted by Gasteiger charge is 2.33. The molecule has 3 nitrogen and oxygen atoms in total. The summed E-state index contributed by atoms with van der Waals surface area (Å²) in [4.78, 5) is 16.8.